The van der Waals surface area contributed by atoms with Crippen molar-refractivity contribution in [2.24, 2.45) is 0 Å². The third-order valence-corrected chi connectivity index (χ3v) is 6.06. The second kappa shape index (κ2) is 9.75. The second-order valence-electron chi connectivity index (χ2n) is 7.82. The van der Waals surface area contributed by atoms with Gasteiger partial charge in [-0.15, -0.1) is 5.10 Å². The minimum atomic E-state index is -0.961. The number of ether oxygens (including phenoxy) is 2. The first-order valence-corrected chi connectivity index (χ1v) is 11.3. The van der Waals surface area contributed by atoms with Crippen LogP contribution in [0, 0.1) is 0 Å². The van der Waals surface area contributed by atoms with Crippen molar-refractivity contribution in [3.8, 4) is 11.5 Å². The lowest BCUT2D eigenvalue weighted by Gasteiger charge is -2.32. The van der Waals surface area contributed by atoms with Crippen LogP contribution in [0.1, 0.15) is 48.7 Å². The first-order chi connectivity index (χ1) is 15.5. The molecule has 0 radical (unpaired) electrons. The number of hydrogen-bond acceptors (Lipinski definition) is 6. The summed E-state index contributed by atoms with van der Waals surface area (Å²) in [6.07, 6.45) is 1.87. The molecule has 0 aliphatic carbocycles. The summed E-state index contributed by atoms with van der Waals surface area (Å²) < 4.78 is 13.3. The number of benzene rings is 2. The van der Waals surface area contributed by atoms with Crippen LogP contribution in [0.2, 0.25) is 5.02 Å². The van der Waals surface area contributed by atoms with Gasteiger partial charge in [0.1, 0.15) is 22.0 Å². The molecule has 3 aromatic rings. The molecule has 0 spiro atoms. The van der Waals surface area contributed by atoms with E-state index < -0.39 is 5.97 Å². The Bertz CT molecular complexity index is 1080. The fraction of sp³-hybridized carbons (Fsp3) is 0.435. The van der Waals surface area contributed by atoms with Gasteiger partial charge in [0.2, 0.25) is 0 Å². The predicted octanol–water partition coefficient (Wildman–Crippen LogP) is 4.42. The monoisotopic (exact) mass is 458 g/mol. The number of fused-ring (bicyclic) bond motifs is 1. The maximum Gasteiger partial charge on any atom is 0.335 e. The zero-order valence-corrected chi connectivity index (χ0v) is 19.0. The van der Waals surface area contributed by atoms with Crippen LogP contribution in [0.5, 0.6) is 11.5 Å². The fourth-order valence-electron chi connectivity index (χ4n) is 4.16. The first-order valence-electron chi connectivity index (χ1n) is 10.9. The van der Waals surface area contributed by atoms with E-state index in [4.69, 9.17) is 21.1 Å². The van der Waals surface area contributed by atoms with Crippen LogP contribution in [-0.2, 0) is 6.54 Å². The van der Waals surface area contributed by atoms with Crippen LogP contribution in [0.15, 0.2) is 30.3 Å². The van der Waals surface area contributed by atoms with Gasteiger partial charge in [-0.05, 0) is 62.6 Å². The Morgan fingerprint density at radius 1 is 1.12 bits per heavy atom. The Hall–Kier alpha value is -2.84. The van der Waals surface area contributed by atoms with Gasteiger partial charge in [-0.25, -0.2) is 9.48 Å². The van der Waals surface area contributed by atoms with Crippen molar-refractivity contribution in [1.29, 1.82) is 0 Å². The molecule has 32 heavy (non-hydrogen) atoms. The third-order valence-electron chi connectivity index (χ3n) is 5.69. The Kier molecular flexibility index (Phi) is 6.81. The maximum atomic E-state index is 11.2. The summed E-state index contributed by atoms with van der Waals surface area (Å²) in [5, 5.41) is 18.2. The van der Waals surface area contributed by atoms with Crippen LogP contribution in [0.25, 0.3) is 11.0 Å². The van der Waals surface area contributed by atoms with E-state index in [1.165, 1.54) is 0 Å². The minimum Gasteiger partial charge on any atom is -0.492 e. The molecule has 0 bridgehead atoms. The molecule has 9 heteroatoms. The van der Waals surface area contributed by atoms with Crippen LogP contribution in [0.4, 0.5) is 0 Å². The molecule has 0 amide bonds. The smallest absolute Gasteiger partial charge is 0.335 e. The lowest BCUT2D eigenvalue weighted by Crippen LogP contribution is -2.34. The number of carbonyl (C=O) groups is 1. The van der Waals surface area contributed by atoms with Crippen molar-refractivity contribution in [3.05, 3.63) is 46.5 Å². The number of likely N-dealkylation sites (tertiary alicyclic amines) is 1. The van der Waals surface area contributed by atoms with Crippen molar-refractivity contribution in [1.82, 2.24) is 19.9 Å². The first kappa shape index (κ1) is 22.4. The van der Waals surface area contributed by atoms with Gasteiger partial charge in [0.05, 0.1) is 30.3 Å². The van der Waals surface area contributed by atoms with Gasteiger partial charge in [-0.2, -0.15) is 0 Å². The number of nitrogens with zero attached hydrogens (tertiary/aromatic N) is 4. The molecule has 170 valence electrons. The molecule has 0 unspecified atom stereocenters. The molecular weight excluding hydrogens is 432 g/mol. The predicted molar refractivity (Wildman–Crippen MR) is 122 cm³/mol. The Labute approximate surface area is 191 Å². The highest BCUT2D eigenvalue weighted by molar-refractivity contribution is 6.33. The number of aromatic nitrogens is 3. The van der Waals surface area contributed by atoms with Gasteiger partial charge >= 0.3 is 5.97 Å². The molecular formula is C23H27ClN4O4. The average Bonchev–Trinajstić information content (AvgIpc) is 3.21. The number of carboxylic acid groups (broad SMARTS) is 1. The van der Waals surface area contributed by atoms with Crippen molar-refractivity contribution in [2.75, 3.05) is 26.3 Å². The highest BCUT2D eigenvalue weighted by atomic mass is 35.5. The SMILES string of the molecule is CCOc1cc(CN2CCC(n3nnc4cc(C(=O)O)ccc43)CC2)cc(OCC)c1Cl. The van der Waals surface area contributed by atoms with Gasteiger partial charge in [-0.1, -0.05) is 16.8 Å². The largest absolute Gasteiger partial charge is 0.492 e. The quantitative estimate of drug-likeness (QED) is 0.534. The van der Waals surface area contributed by atoms with Gasteiger partial charge in [-0.3, -0.25) is 4.90 Å². The summed E-state index contributed by atoms with van der Waals surface area (Å²) in [6.45, 7) is 7.56. The van der Waals surface area contributed by atoms with E-state index in [-0.39, 0.29) is 11.6 Å². The van der Waals surface area contributed by atoms with Gasteiger partial charge < -0.3 is 14.6 Å². The molecule has 1 aliphatic heterocycles. The minimum absolute atomic E-state index is 0.222. The highest BCUT2D eigenvalue weighted by Gasteiger charge is 2.24. The molecule has 1 N–H and O–H groups in total. The van der Waals surface area contributed by atoms with Gasteiger partial charge in [0, 0.05) is 19.6 Å². The van der Waals surface area contributed by atoms with Crippen molar-refractivity contribution >= 4 is 28.6 Å². The van der Waals surface area contributed by atoms with E-state index in [9.17, 15) is 9.90 Å². The summed E-state index contributed by atoms with van der Waals surface area (Å²) in [6, 6.07) is 9.19. The van der Waals surface area contributed by atoms with Crippen molar-refractivity contribution in [3.63, 3.8) is 0 Å². The van der Waals surface area contributed by atoms with Crippen molar-refractivity contribution in [2.45, 2.75) is 39.3 Å². The molecule has 0 saturated carbocycles. The van der Waals surface area contributed by atoms with E-state index in [2.05, 4.69) is 15.2 Å². The standard InChI is InChI=1S/C23H27ClN4O4/c1-3-31-20-11-15(12-21(22(20)24)32-4-2)14-27-9-7-17(8-10-27)28-19-6-5-16(23(29)30)13-18(19)25-26-28/h5-6,11-13,17H,3-4,7-10,14H2,1-2H3,(H,29,30). The summed E-state index contributed by atoms with van der Waals surface area (Å²) in [7, 11) is 0. The Morgan fingerprint density at radius 2 is 1.78 bits per heavy atom. The van der Waals surface area contributed by atoms with Crippen LogP contribution < -0.4 is 9.47 Å². The number of aromatic carboxylic acids is 1. The zero-order chi connectivity index (χ0) is 22.7. The van der Waals surface area contributed by atoms with Gasteiger partial charge in [0.15, 0.2) is 0 Å². The van der Waals surface area contributed by atoms with E-state index in [0.29, 0.717) is 35.3 Å². The van der Waals surface area contributed by atoms with E-state index in [1.807, 2.05) is 30.7 Å². The summed E-state index contributed by atoms with van der Waals surface area (Å²) in [5.74, 6) is 0.344. The topological polar surface area (TPSA) is 89.7 Å². The summed E-state index contributed by atoms with van der Waals surface area (Å²) in [5.41, 5.74) is 2.81. The van der Waals surface area contributed by atoms with E-state index in [0.717, 1.165) is 43.6 Å². The molecule has 4 rings (SSSR count). The lowest BCUT2D eigenvalue weighted by molar-refractivity contribution is 0.0697. The van der Waals surface area contributed by atoms with Crippen molar-refractivity contribution < 1.29 is 19.4 Å². The molecule has 1 aliphatic rings. The summed E-state index contributed by atoms with van der Waals surface area (Å²) >= 11 is 6.42. The summed E-state index contributed by atoms with van der Waals surface area (Å²) in [4.78, 5) is 13.6. The Balaban J connectivity index is 1.44. The van der Waals surface area contributed by atoms with Crippen LogP contribution >= 0.6 is 11.6 Å². The van der Waals surface area contributed by atoms with Crippen LogP contribution in [0.3, 0.4) is 0 Å². The normalized spacial score (nSPS) is 15.2. The number of halogens is 1. The highest BCUT2D eigenvalue weighted by Crippen LogP contribution is 2.36. The average molecular weight is 459 g/mol. The van der Waals surface area contributed by atoms with E-state index in [1.54, 1.807) is 18.2 Å². The van der Waals surface area contributed by atoms with Gasteiger partial charge in [0.25, 0.3) is 0 Å². The number of hydrogen-bond donors (Lipinski definition) is 1. The molecule has 1 aromatic heterocycles. The third kappa shape index (κ3) is 4.66. The maximum absolute atomic E-state index is 11.2. The number of carboxylic acids is 1. The molecule has 0 atom stereocenters. The lowest BCUT2D eigenvalue weighted by atomic mass is 10.0. The molecule has 8 nitrogen and oxygen atoms in total. The molecule has 1 saturated heterocycles. The molecule has 1 fully saturated rings. The van der Waals surface area contributed by atoms with Crippen LogP contribution in [-0.4, -0.2) is 57.3 Å². The number of rotatable bonds is 8. The Morgan fingerprint density at radius 3 is 2.38 bits per heavy atom. The second-order valence-corrected chi connectivity index (χ2v) is 8.20. The molecule has 2 aromatic carbocycles. The number of piperidine rings is 1. The fourth-order valence-corrected chi connectivity index (χ4v) is 4.38. The van der Waals surface area contributed by atoms with E-state index >= 15 is 0 Å². The molecule has 2 heterocycles. The zero-order valence-electron chi connectivity index (χ0n) is 18.3.